The minimum atomic E-state index is 0.559. The molecule has 110 valence electrons. The molecular weight excluding hydrogens is 262 g/mol. The quantitative estimate of drug-likeness (QED) is 0.913. The highest BCUT2D eigenvalue weighted by atomic mass is 16.5. The van der Waals surface area contributed by atoms with E-state index < -0.39 is 0 Å². The van der Waals surface area contributed by atoms with Gasteiger partial charge in [0.2, 0.25) is 0 Å². The second-order valence-corrected chi connectivity index (χ2v) is 5.37. The zero-order chi connectivity index (χ0) is 14.5. The monoisotopic (exact) mass is 283 g/mol. The number of ether oxygens (including phenoxy) is 2. The van der Waals surface area contributed by atoms with Crippen LogP contribution in [-0.4, -0.2) is 20.2 Å². The molecule has 3 rings (SSSR count). The first-order valence-electron chi connectivity index (χ1n) is 7.42. The minimum Gasteiger partial charge on any atom is -0.493 e. The summed E-state index contributed by atoms with van der Waals surface area (Å²) in [7, 11) is 1.68. The van der Waals surface area contributed by atoms with E-state index in [0.29, 0.717) is 12.5 Å². The smallest absolute Gasteiger partial charge is 0.161 e. The maximum atomic E-state index is 5.97. The Bertz CT molecular complexity index is 577. The largest absolute Gasteiger partial charge is 0.493 e. The molecule has 1 aliphatic rings. The summed E-state index contributed by atoms with van der Waals surface area (Å²) >= 11 is 0. The molecule has 21 heavy (non-hydrogen) atoms. The van der Waals surface area contributed by atoms with Crippen molar-refractivity contribution in [3.63, 3.8) is 0 Å². The number of methoxy groups -OCH3 is 1. The maximum Gasteiger partial charge on any atom is 0.161 e. The van der Waals surface area contributed by atoms with Gasteiger partial charge in [-0.05, 0) is 42.1 Å². The highest BCUT2D eigenvalue weighted by molar-refractivity contribution is 5.44. The van der Waals surface area contributed by atoms with Gasteiger partial charge in [0.15, 0.2) is 11.5 Å². The summed E-state index contributed by atoms with van der Waals surface area (Å²) in [6.07, 6.45) is 1.18. The van der Waals surface area contributed by atoms with Crippen LogP contribution in [0.25, 0.3) is 0 Å². The van der Waals surface area contributed by atoms with Crippen molar-refractivity contribution < 1.29 is 9.47 Å². The molecule has 1 heterocycles. The molecule has 0 amide bonds. The zero-order valence-corrected chi connectivity index (χ0v) is 12.3. The van der Waals surface area contributed by atoms with Gasteiger partial charge in [-0.25, -0.2) is 0 Å². The predicted molar refractivity (Wildman–Crippen MR) is 84.0 cm³/mol. The molecule has 1 atom stereocenters. The topological polar surface area (TPSA) is 30.5 Å². The molecule has 0 aliphatic carbocycles. The molecule has 1 saturated heterocycles. The number of hydrogen-bond acceptors (Lipinski definition) is 3. The van der Waals surface area contributed by atoms with Crippen LogP contribution in [-0.2, 0) is 6.61 Å². The first kappa shape index (κ1) is 14.0. The van der Waals surface area contributed by atoms with Gasteiger partial charge in [-0.2, -0.15) is 0 Å². The van der Waals surface area contributed by atoms with E-state index in [1.807, 2.05) is 24.3 Å². The number of benzene rings is 2. The van der Waals surface area contributed by atoms with Crippen molar-refractivity contribution in [1.29, 1.82) is 0 Å². The molecule has 3 nitrogen and oxygen atoms in total. The normalized spacial score (nSPS) is 17.7. The fraction of sp³-hybridized carbons (Fsp3) is 0.333. The van der Waals surface area contributed by atoms with Gasteiger partial charge >= 0.3 is 0 Å². The molecule has 1 fully saturated rings. The van der Waals surface area contributed by atoms with E-state index in [1.165, 1.54) is 12.0 Å². The van der Waals surface area contributed by atoms with E-state index in [-0.39, 0.29) is 0 Å². The van der Waals surface area contributed by atoms with Gasteiger partial charge in [-0.1, -0.05) is 36.4 Å². The van der Waals surface area contributed by atoms with E-state index in [2.05, 4.69) is 29.6 Å². The highest BCUT2D eigenvalue weighted by Gasteiger charge is 2.18. The van der Waals surface area contributed by atoms with E-state index in [4.69, 9.17) is 9.47 Å². The Balaban J connectivity index is 1.76. The van der Waals surface area contributed by atoms with Crippen LogP contribution in [0.3, 0.4) is 0 Å². The summed E-state index contributed by atoms with van der Waals surface area (Å²) in [5, 5.41) is 3.40. The minimum absolute atomic E-state index is 0.559. The second kappa shape index (κ2) is 6.64. The molecule has 1 unspecified atom stereocenters. The summed E-state index contributed by atoms with van der Waals surface area (Å²) < 4.78 is 11.4. The summed E-state index contributed by atoms with van der Waals surface area (Å²) in [4.78, 5) is 0. The number of rotatable bonds is 5. The average molecular weight is 283 g/mol. The Kier molecular flexibility index (Phi) is 4.41. The highest BCUT2D eigenvalue weighted by Crippen LogP contribution is 2.33. The summed E-state index contributed by atoms with van der Waals surface area (Å²) in [6.45, 7) is 2.70. The van der Waals surface area contributed by atoms with Crippen LogP contribution in [0.4, 0.5) is 0 Å². The second-order valence-electron chi connectivity index (χ2n) is 5.37. The molecule has 2 aromatic carbocycles. The fourth-order valence-electron chi connectivity index (χ4n) is 2.73. The standard InChI is InChI=1S/C18H21NO2/c1-20-17-8-7-15(16-9-10-19-12-16)11-18(17)21-13-14-5-3-2-4-6-14/h2-8,11,16,19H,9-10,12-13H2,1H3. The summed E-state index contributed by atoms with van der Waals surface area (Å²) in [6, 6.07) is 16.5. The van der Waals surface area contributed by atoms with Crippen molar-refractivity contribution in [3.8, 4) is 11.5 Å². The maximum absolute atomic E-state index is 5.97. The Morgan fingerprint density at radius 2 is 1.95 bits per heavy atom. The molecule has 0 bridgehead atoms. The van der Waals surface area contributed by atoms with Crippen LogP contribution in [0.2, 0.25) is 0 Å². The van der Waals surface area contributed by atoms with Crippen molar-refractivity contribution in [2.75, 3.05) is 20.2 Å². The summed E-state index contributed by atoms with van der Waals surface area (Å²) in [5.74, 6) is 2.20. The van der Waals surface area contributed by atoms with E-state index in [9.17, 15) is 0 Å². The predicted octanol–water partition coefficient (Wildman–Crippen LogP) is 3.35. The van der Waals surface area contributed by atoms with E-state index in [0.717, 1.165) is 30.2 Å². The molecule has 0 saturated carbocycles. The first-order chi connectivity index (χ1) is 10.4. The fourth-order valence-corrected chi connectivity index (χ4v) is 2.73. The lowest BCUT2D eigenvalue weighted by Gasteiger charge is -2.15. The Hall–Kier alpha value is -2.00. The molecule has 1 aliphatic heterocycles. The third kappa shape index (κ3) is 3.37. The van der Waals surface area contributed by atoms with Crippen molar-refractivity contribution in [3.05, 3.63) is 59.7 Å². The van der Waals surface area contributed by atoms with Crippen LogP contribution < -0.4 is 14.8 Å². The molecule has 3 heteroatoms. The first-order valence-corrected chi connectivity index (χ1v) is 7.42. The molecule has 1 N–H and O–H groups in total. The SMILES string of the molecule is COc1ccc(C2CCNC2)cc1OCc1ccccc1. The van der Waals surface area contributed by atoms with Gasteiger partial charge in [0, 0.05) is 6.54 Å². The van der Waals surface area contributed by atoms with Gasteiger partial charge in [0.1, 0.15) is 6.61 Å². The van der Waals surface area contributed by atoms with Gasteiger partial charge in [0.25, 0.3) is 0 Å². The molecule has 0 spiro atoms. The van der Waals surface area contributed by atoms with Gasteiger partial charge < -0.3 is 14.8 Å². The van der Waals surface area contributed by atoms with Gasteiger partial charge in [-0.3, -0.25) is 0 Å². The lowest BCUT2D eigenvalue weighted by molar-refractivity contribution is 0.284. The van der Waals surface area contributed by atoms with Gasteiger partial charge in [-0.15, -0.1) is 0 Å². The Morgan fingerprint density at radius 1 is 1.10 bits per heavy atom. The van der Waals surface area contributed by atoms with Crippen molar-refractivity contribution >= 4 is 0 Å². The Morgan fingerprint density at radius 3 is 2.67 bits per heavy atom. The van der Waals surface area contributed by atoms with Crippen molar-refractivity contribution in [2.24, 2.45) is 0 Å². The Labute approximate surface area is 125 Å². The number of hydrogen-bond donors (Lipinski definition) is 1. The molecule has 0 aromatic heterocycles. The van der Waals surface area contributed by atoms with Crippen LogP contribution in [0.1, 0.15) is 23.5 Å². The lowest BCUT2D eigenvalue weighted by Crippen LogP contribution is -2.08. The average Bonchev–Trinajstić information content (AvgIpc) is 3.08. The zero-order valence-electron chi connectivity index (χ0n) is 12.3. The van der Waals surface area contributed by atoms with E-state index in [1.54, 1.807) is 7.11 Å². The summed E-state index contributed by atoms with van der Waals surface area (Å²) in [5.41, 5.74) is 2.48. The van der Waals surface area contributed by atoms with Gasteiger partial charge in [0.05, 0.1) is 7.11 Å². The van der Waals surface area contributed by atoms with Crippen molar-refractivity contribution in [1.82, 2.24) is 5.32 Å². The molecule has 2 aromatic rings. The third-order valence-corrected chi connectivity index (χ3v) is 3.96. The molecular formula is C18H21NO2. The van der Waals surface area contributed by atoms with Crippen LogP contribution in [0, 0.1) is 0 Å². The van der Waals surface area contributed by atoms with Crippen LogP contribution >= 0.6 is 0 Å². The van der Waals surface area contributed by atoms with E-state index >= 15 is 0 Å². The lowest BCUT2D eigenvalue weighted by atomic mass is 9.98. The van der Waals surface area contributed by atoms with Crippen molar-refractivity contribution in [2.45, 2.75) is 18.9 Å². The number of nitrogens with one attached hydrogen (secondary N) is 1. The van der Waals surface area contributed by atoms with Crippen LogP contribution in [0.15, 0.2) is 48.5 Å². The third-order valence-electron chi connectivity index (χ3n) is 3.96. The molecule has 0 radical (unpaired) electrons. The van der Waals surface area contributed by atoms with Crippen LogP contribution in [0.5, 0.6) is 11.5 Å².